The molecule has 0 heterocycles. The van der Waals surface area contributed by atoms with Gasteiger partial charge >= 0.3 is 0 Å². The fourth-order valence-electron chi connectivity index (χ4n) is 3.22. The van der Waals surface area contributed by atoms with Crippen LogP contribution in [0.3, 0.4) is 0 Å². The number of benzene rings is 2. The van der Waals surface area contributed by atoms with E-state index in [-0.39, 0.29) is 0 Å². The van der Waals surface area contributed by atoms with Gasteiger partial charge in [-0.3, -0.25) is 0 Å². The number of rotatable bonds is 2. The van der Waals surface area contributed by atoms with Crippen molar-refractivity contribution in [1.29, 1.82) is 0 Å². The first-order chi connectivity index (χ1) is 9.31. The Hall–Kier alpha value is -1.56. The van der Waals surface area contributed by atoms with Gasteiger partial charge in [0.05, 0.1) is 0 Å². The minimum absolute atomic E-state index is 1.04. The van der Waals surface area contributed by atoms with Crippen LogP contribution in [0.15, 0.2) is 18.2 Å². The van der Waals surface area contributed by atoms with E-state index in [2.05, 4.69) is 66.7 Å². The zero-order chi connectivity index (χ0) is 15.0. The van der Waals surface area contributed by atoms with Gasteiger partial charge in [-0.05, 0) is 93.8 Å². The summed E-state index contributed by atoms with van der Waals surface area (Å²) in [6.07, 6.45) is 1.04. The highest BCUT2D eigenvalue weighted by atomic mass is 14.2. The minimum Gasteiger partial charge on any atom is -0.0564 e. The molecule has 106 valence electrons. The van der Waals surface area contributed by atoms with Crippen LogP contribution in [0.1, 0.15) is 50.1 Å². The maximum absolute atomic E-state index is 2.32. The van der Waals surface area contributed by atoms with Gasteiger partial charge in [0.1, 0.15) is 0 Å². The standard InChI is InChI=1S/C20H26/c1-12-8-13(2)10-19(9-12)11-20-17(6)15(4)14(3)16(5)18(20)7/h8-10H,11H2,1-7H3. The molecule has 20 heavy (non-hydrogen) atoms. The SMILES string of the molecule is Cc1cc(C)cc(Cc2c(C)c(C)c(C)c(C)c2C)c1. The zero-order valence-electron chi connectivity index (χ0n) is 13.9. The second kappa shape index (κ2) is 5.44. The molecule has 0 aromatic heterocycles. The molecule has 0 amide bonds. The van der Waals surface area contributed by atoms with Gasteiger partial charge < -0.3 is 0 Å². The molecule has 0 atom stereocenters. The summed E-state index contributed by atoms with van der Waals surface area (Å²) in [5.41, 5.74) is 12.9. The molecule has 0 aliphatic rings. The van der Waals surface area contributed by atoms with Gasteiger partial charge in [-0.25, -0.2) is 0 Å². The summed E-state index contributed by atoms with van der Waals surface area (Å²) < 4.78 is 0. The highest BCUT2D eigenvalue weighted by Crippen LogP contribution is 2.28. The lowest BCUT2D eigenvalue weighted by Crippen LogP contribution is -2.04. The third-order valence-corrected chi connectivity index (χ3v) is 4.82. The number of hydrogen-bond acceptors (Lipinski definition) is 0. The zero-order valence-corrected chi connectivity index (χ0v) is 13.9. The molecule has 0 unspecified atom stereocenters. The first-order valence-electron chi connectivity index (χ1n) is 7.44. The van der Waals surface area contributed by atoms with Gasteiger partial charge in [-0.15, -0.1) is 0 Å². The van der Waals surface area contributed by atoms with Crippen LogP contribution in [0.5, 0.6) is 0 Å². The van der Waals surface area contributed by atoms with Crippen molar-refractivity contribution < 1.29 is 0 Å². The Kier molecular flexibility index (Phi) is 4.04. The van der Waals surface area contributed by atoms with E-state index in [1.54, 1.807) is 0 Å². The third-order valence-electron chi connectivity index (χ3n) is 4.82. The molecule has 2 aromatic carbocycles. The van der Waals surface area contributed by atoms with Crippen LogP contribution < -0.4 is 0 Å². The quantitative estimate of drug-likeness (QED) is 0.679. The first-order valence-corrected chi connectivity index (χ1v) is 7.44. The summed E-state index contributed by atoms with van der Waals surface area (Å²) in [5, 5.41) is 0. The van der Waals surface area contributed by atoms with E-state index in [1.807, 2.05) is 0 Å². The Labute approximate surface area is 123 Å². The molecule has 0 saturated heterocycles. The van der Waals surface area contributed by atoms with Crippen molar-refractivity contribution in [3.63, 3.8) is 0 Å². The van der Waals surface area contributed by atoms with E-state index in [0.29, 0.717) is 0 Å². The fourth-order valence-corrected chi connectivity index (χ4v) is 3.22. The van der Waals surface area contributed by atoms with Crippen molar-refractivity contribution in [1.82, 2.24) is 0 Å². The molecule has 0 nitrogen and oxygen atoms in total. The number of hydrogen-bond donors (Lipinski definition) is 0. The molecule has 0 radical (unpaired) electrons. The van der Waals surface area contributed by atoms with Gasteiger partial charge in [-0.1, -0.05) is 29.3 Å². The van der Waals surface area contributed by atoms with Crippen LogP contribution in [-0.4, -0.2) is 0 Å². The van der Waals surface area contributed by atoms with Crippen molar-refractivity contribution in [3.05, 3.63) is 68.3 Å². The first kappa shape index (κ1) is 14.8. The lowest BCUT2D eigenvalue weighted by molar-refractivity contribution is 1.06. The molecule has 0 bridgehead atoms. The average molecular weight is 266 g/mol. The molecule has 2 aromatic rings. The van der Waals surface area contributed by atoms with Crippen molar-refractivity contribution >= 4 is 0 Å². The summed E-state index contributed by atoms with van der Waals surface area (Å²) in [5.74, 6) is 0. The Bertz CT molecular complexity index is 611. The fraction of sp³-hybridized carbons (Fsp3) is 0.400. The van der Waals surface area contributed by atoms with E-state index in [4.69, 9.17) is 0 Å². The molecule has 0 N–H and O–H groups in total. The van der Waals surface area contributed by atoms with Gasteiger partial charge in [0.15, 0.2) is 0 Å². The van der Waals surface area contributed by atoms with E-state index in [0.717, 1.165) is 6.42 Å². The Morgan fingerprint density at radius 2 is 0.950 bits per heavy atom. The van der Waals surface area contributed by atoms with Crippen LogP contribution >= 0.6 is 0 Å². The van der Waals surface area contributed by atoms with E-state index >= 15 is 0 Å². The molecule has 0 spiro atoms. The summed E-state index contributed by atoms with van der Waals surface area (Å²) in [7, 11) is 0. The van der Waals surface area contributed by atoms with Crippen molar-refractivity contribution in [2.75, 3.05) is 0 Å². The van der Waals surface area contributed by atoms with E-state index in [9.17, 15) is 0 Å². The molecular weight excluding hydrogens is 240 g/mol. The molecule has 0 saturated carbocycles. The Balaban J connectivity index is 2.54. The van der Waals surface area contributed by atoms with Crippen molar-refractivity contribution in [2.24, 2.45) is 0 Å². The van der Waals surface area contributed by atoms with Gasteiger partial charge in [0, 0.05) is 0 Å². The van der Waals surface area contributed by atoms with Gasteiger partial charge in [0.25, 0.3) is 0 Å². The molecular formula is C20H26. The summed E-state index contributed by atoms with van der Waals surface area (Å²) in [6, 6.07) is 6.88. The Morgan fingerprint density at radius 3 is 1.40 bits per heavy atom. The molecule has 0 fully saturated rings. The highest BCUT2D eigenvalue weighted by Gasteiger charge is 2.12. The molecule has 0 aliphatic heterocycles. The highest BCUT2D eigenvalue weighted by molar-refractivity contribution is 5.51. The lowest BCUT2D eigenvalue weighted by atomic mass is 9.86. The van der Waals surface area contributed by atoms with Crippen LogP contribution in [0.2, 0.25) is 0 Å². The average Bonchev–Trinajstić information content (AvgIpc) is 2.38. The molecule has 2 rings (SSSR count). The van der Waals surface area contributed by atoms with E-state index < -0.39 is 0 Å². The predicted molar refractivity (Wildman–Crippen MR) is 88.8 cm³/mol. The smallest absolute Gasteiger partial charge is 0.00201 e. The van der Waals surface area contributed by atoms with Crippen molar-refractivity contribution in [2.45, 2.75) is 54.9 Å². The summed E-state index contributed by atoms with van der Waals surface area (Å²) in [4.78, 5) is 0. The number of aryl methyl sites for hydroxylation is 2. The topological polar surface area (TPSA) is 0 Å². The predicted octanol–water partition coefficient (Wildman–Crippen LogP) is 5.44. The molecule has 0 heteroatoms. The molecule has 0 aliphatic carbocycles. The second-order valence-electron chi connectivity index (χ2n) is 6.28. The summed E-state index contributed by atoms with van der Waals surface area (Å²) >= 11 is 0. The van der Waals surface area contributed by atoms with Crippen LogP contribution in [0, 0.1) is 48.5 Å². The maximum atomic E-state index is 2.32. The van der Waals surface area contributed by atoms with Gasteiger partial charge in [0.2, 0.25) is 0 Å². The monoisotopic (exact) mass is 266 g/mol. The summed E-state index contributed by atoms with van der Waals surface area (Å²) in [6.45, 7) is 15.7. The van der Waals surface area contributed by atoms with Crippen LogP contribution in [-0.2, 0) is 6.42 Å². The normalized spacial score (nSPS) is 10.9. The van der Waals surface area contributed by atoms with E-state index in [1.165, 1.54) is 50.1 Å². The van der Waals surface area contributed by atoms with Crippen molar-refractivity contribution in [3.8, 4) is 0 Å². The van der Waals surface area contributed by atoms with Crippen LogP contribution in [0.25, 0.3) is 0 Å². The lowest BCUT2D eigenvalue weighted by Gasteiger charge is -2.19. The van der Waals surface area contributed by atoms with Gasteiger partial charge in [-0.2, -0.15) is 0 Å². The Morgan fingerprint density at radius 1 is 0.550 bits per heavy atom. The maximum Gasteiger partial charge on any atom is -0.00201 e. The largest absolute Gasteiger partial charge is 0.0564 e. The second-order valence-corrected chi connectivity index (χ2v) is 6.28. The third kappa shape index (κ3) is 2.65. The minimum atomic E-state index is 1.04. The van der Waals surface area contributed by atoms with Crippen LogP contribution in [0.4, 0.5) is 0 Å².